The van der Waals surface area contributed by atoms with Gasteiger partial charge in [-0.25, -0.2) is 4.79 Å². The first kappa shape index (κ1) is 16.7. The van der Waals surface area contributed by atoms with Crippen LogP contribution in [0.25, 0.3) is 11.0 Å². The minimum Gasteiger partial charge on any atom is -0.488 e. The Bertz CT molecular complexity index is 915. The fourth-order valence-electron chi connectivity index (χ4n) is 2.46. The lowest BCUT2D eigenvalue weighted by Gasteiger charge is -2.08. The van der Waals surface area contributed by atoms with E-state index in [2.05, 4.69) is 0 Å². The fraction of sp³-hybridized carbons (Fsp3) is 0.167. The van der Waals surface area contributed by atoms with E-state index >= 15 is 0 Å². The zero-order valence-corrected chi connectivity index (χ0v) is 14.6. The van der Waals surface area contributed by atoms with Gasteiger partial charge in [-0.15, -0.1) is 0 Å². The summed E-state index contributed by atoms with van der Waals surface area (Å²) in [4.78, 5) is 11.8. The summed E-state index contributed by atoms with van der Waals surface area (Å²) in [5, 5.41) is 1.72. The van der Waals surface area contributed by atoms with Gasteiger partial charge < -0.3 is 13.9 Å². The van der Waals surface area contributed by atoms with Crippen molar-refractivity contribution >= 4 is 40.1 Å². The number of esters is 1. The van der Waals surface area contributed by atoms with Crippen LogP contribution in [0.5, 0.6) is 5.75 Å². The predicted molar refractivity (Wildman–Crippen MR) is 93.1 cm³/mol. The quantitative estimate of drug-likeness (QED) is 0.580. The summed E-state index contributed by atoms with van der Waals surface area (Å²) in [6, 6.07) is 10.7. The minimum absolute atomic E-state index is 0.179. The molecule has 0 N–H and O–H groups in total. The number of aryl methyl sites for hydroxylation is 1. The van der Waals surface area contributed by atoms with Gasteiger partial charge in [0.15, 0.2) is 0 Å². The number of rotatable bonds is 4. The number of halogens is 2. The highest BCUT2D eigenvalue weighted by Gasteiger charge is 2.20. The van der Waals surface area contributed by atoms with Gasteiger partial charge in [0.2, 0.25) is 5.76 Å². The molecule has 124 valence electrons. The van der Waals surface area contributed by atoms with Crippen molar-refractivity contribution in [3.63, 3.8) is 0 Å². The molecule has 0 amide bonds. The smallest absolute Gasteiger partial charge is 0.374 e. The van der Waals surface area contributed by atoms with Gasteiger partial charge in [-0.3, -0.25) is 0 Å². The Morgan fingerprint density at radius 1 is 1.17 bits per heavy atom. The Kier molecular flexibility index (Phi) is 4.69. The predicted octanol–water partition coefficient (Wildman–Crippen LogP) is 5.41. The highest BCUT2D eigenvalue weighted by atomic mass is 35.5. The largest absolute Gasteiger partial charge is 0.488 e. The summed E-state index contributed by atoms with van der Waals surface area (Å²) in [7, 11) is 1.32. The SMILES string of the molecule is COC(=O)c1oc2cccc(OCc3ccc(Cl)c(Cl)c3)c2c1C. The molecule has 0 fully saturated rings. The van der Waals surface area contributed by atoms with Crippen molar-refractivity contribution in [2.45, 2.75) is 13.5 Å². The first-order valence-corrected chi connectivity index (χ1v) is 7.94. The standard InChI is InChI=1S/C18H14Cl2O4/c1-10-16-14(23-9-11-6-7-12(19)13(20)8-11)4-3-5-15(16)24-17(10)18(21)22-2/h3-8H,9H2,1-2H3. The molecule has 4 nitrogen and oxygen atoms in total. The highest BCUT2D eigenvalue weighted by Crippen LogP contribution is 2.34. The topological polar surface area (TPSA) is 48.7 Å². The first-order chi connectivity index (χ1) is 11.5. The Morgan fingerprint density at radius 2 is 1.96 bits per heavy atom. The summed E-state index contributed by atoms with van der Waals surface area (Å²) in [6.07, 6.45) is 0. The molecule has 0 saturated carbocycles. The van der Waals surface area contributed by atoms with E-state index in [0.717, 1.165) is 10.9 Å². The number of benzene rings is 2. The van der Waals surface area contributed by atoms with Crippen molar-refractivity contribution in [2.24, 2.45) is 0 Å². The summed E-state index contributed by atoms with van der Waals surface area (Å²) >= 11 is 11.9. The molecule has 0 aliphatic rings. The Balaban J connectivity index is 1.93. The van der Waals surface area contributed by atoms with Gasteiger partial charge in [-0.1, -0.05) is 35.3 Å². The molecular weight excluding hydrogens is 351 g/mol. The number of hydrogen-bond donors (Lipinski definition) is 0. The van der Waals surface area contributed by atoms with E-state index in [-0.39, 0.29) is 5.76 Å². The van der Waals surface area contributed by atoms with Gasteiger partial charge >= 0.3 is 5.97 Å². The summed E-state index contributed by atoms with van der Waals surface area (Å²) < 4.78 is 16.2. The second-order valence-corrected chi connectivity index (χ2v) is 6.03. The molecule has 24 heavy (non-hydrogen) atoms. The van der Waals surface area contributed by atoms with Gasteiger partial charge in [0, 0.05) is 5.56 Å². The average molecular weight is 365 g/mol. The maximum Gasteiger partial charge on any atom is 0.374 e. The molecule has 1 heterocycles. The molecule has 6 heteroatoms. The normalized spacial score (nSPS) is 10.8. The first-order valence-electron chi connectivity index (χ1n) is 7.18. The number of fused-ring (bicyclic) bond motifs is 1. The third-order valence-corrected chi connectivity index (χ3v) is 4.40. The Hall–Kier alpha value is -2.17. The second kappa shape index (κ2) is 6.75. The molecule has 0 spiro atoms. The van der Waals surface area contributed by atoms with Crippen LogP contribution in [0.3, 0.4) is 0 Å². The van der Waals surface area contributed by atoms with E-state index in [1.165, 1.54) is 7.11 Å². The monoisotopic (exact) mass is 364 g/mol. The van der Waals surface area contributed by atoms with Crippen LogP contribution in [-0.4, -0.2) is 13.1 Å². The van der Waals surface area contributed by atoms with Gasteiger partial charge in [-0.2, -0.15) is 0 Å². The van der Waals surface area contributed by atoms with Crippen LogP contribution in [0, 0.1) is 6.92 Å². The van der Waals surface area contributed by atoms with Crippen LogP contribution >= 0.6 is 23.2 Å². The van der Waals surface area contributed by atoms with Crippen molar-refractivity contribution in [1.82, 2.24) is 0 Å². The third kappa shape index (κ3) is 3.07. The zero-order chi connectivity index (χ0) is 17.3. The van der Waals surface area contributed by atoms with Crippen LogP contribution in [0.2, 0.25) is 10.0 Å². The van der Waals surface area contributed by atoms with Crippen LogP contribution in [0.1, 0.15) is 21.7 Å². The molecule has 0 radical (unpaired) electrons. The number of ether oxygens (including phenoxy) is 2. The fourth-order valence-corrected chi connectivity index (χ4v) is 2.78. The maximum atomic E-state index is 11.8. The lowest BCUT2D eigenvalue weighted by Crippen LogP contribution is -2.01. The maximum absolute atomic E-state index is 11.8. The molecule has 2 aromatic carbocycles. The molecule has 0 aliphatic heterocycles. The van der Waals surface area contributed by atoms with Crippen LogP contribution in [0.4, 0.5) is 0 Å². The molecule has 3 aromatic rings. The molecule has 0 atom stereocenters. The molecule has 0 saturated heterocycles. The lowest BCUT2D eigenvalue weighted by molar-refractivity contribution is 0.0566. The van der Waals surface area contributed by atoms with E-state index in [4.69, 9.17) is 37.1 Å². The van der Waals surface area contributed by atoms with Crippen molar-refractivity contribution in [3.8, 4) is 5.75 Å². The van der Waals surface area contributed by atoms with Gasteiger partial charge in [0.1, 0.15) is 17.9 Å². The summed E-state index contributed by atoms with van der Waals surface area (Å²) in [6.45, 7) is 2.11. The summed E-state index contributed by atoms with van der Waals surface area (Å²) in [5.41, 5.74) is 2.14. The number of furan rings is 1. The van der Waals surface area contributed by atoms with E-state index in [1.807, 2.05) is 12.1 Å². The third-order valence-electron chi connectivity index (χ3n) is 3.66. The number of methoxy groups -OCH3 is 1. The van der Waals surface area contributed by atoms with Crippen LogP contribution < -0.4 is 4.74 Å². The van der Waals surface area contributed by atoms with Crippen LogP contribution in [0.15, 0.2) is 40.8 Å². The highest BCUT2D eigenvalue weighted by molar-refractivity contribution is 6.42. The number of carbonyl (C=O) groups is 1. The van der Waals surface area contributed by atoms with Crippen molar-refractivity contribution in [1.29, 1.82) is 0 Å². The van der Waals surface area contributed by atoms with E-state index in [0.29, 0.717) is 33.5 Å². The van der Waals surface area contributed by atoms with Crippen molar-refractivity contribution < 1.29 is 18.7 Å². The minimum atomic E-state index is -0.515. The molecule has 3 rings (SSSR count). The van der Waals surface area contributed by atoms with E-state index < -0.39 is 5.97 Å². The zero-order valence-electron chi connectivity index (χ0n) is 13.1. The summed E-state index contributed by atoms with van der Waals surface area (Å²) in [5.74, 6) is 0.284. The van der Waals surface area contributed by atoms with Gasteiger partial charge in [-0.05, 0) is 36.8 Å². The average Bonchev–Trinajstić information content (AvgIpc) is 2.93. The Morgan fingerprint density at radius 3 is 2.67 bits per heavy atom. The van der Waals surface area contributed by atoms with Gasteiger partial charge in [0.25, 0.3) is 0 Å². The number of carbonyl (C=O) groups excluding carboxylic acids is 1. The second-order valence-electron chi connectivity index (χ2n) is 5.21. The molecule has 1 aromatic heterocycles. The molecule has 0 aliphatic carbocycles. The van der Waals surface area contributed by atoms with Crippen molar-refractivity contribution in [3.05, 3.63) is 63.3 Å². The molecule has 0 bridgehead atoms. The van der Waals surface area contributed by atoms with Gasteiger partial charge in [0.05, 0.1) is 22.5 Å². The van der Waals surface area contributed by atoms with Crippen molar-refractivity contribution in [2.75, 3.05) is 7.11 Å². The molecular formula is C18H14Cl2O4. The Labute approximate surface area is 148 Å². The lowest BCUT2D eigenvalue weighted by atomic mass is 10.1. The van der Waals surface area contributed by atoms with E-state index in [1.54, 1.807) is 31.2 Å². The number of hydrogen-bond acceptors (Lipinski definition) is 4. The van der Waals surface area contributed by atoms with E-state index in [9.17, 15) is 4.79 Å². The molecule has 0 unspecified atom stereocenters. The van der Waals surface area contributed by atoms with Crippen LogP contribution in [-0.2, 0) is 11.3 Å².